The molecule has 4 atom stereocenters. The van der Waals surface area contributed by atoms with Gasteiger partial charge in [0.15, 0.2) is 11.5 Å². The van der Waals surface area contributed by atoms with Crippen molar-refractivity contribution in [2.75, 3.05) is 11.1 Å². The lowest BCUT2D eigenvalue weighted by atomic mass is 9.84. The Labute approximate surface area is 199 Å². The van der Waals surface area contributed by atoms with E-state index in [-0.39, 0.29) is 29.3 Å². The van der Waals surface area contributed by atoms with Gasteiger partial charge in [-0.25, -0.2) is 18.7 Å². The lowest BCUT2D eigenvalue weighted by molar-refractivity contribution is -0.215. The highest BCUT2D eigenvalue weighted by Crippen LogP contribution is 2.46. The van der Waals surface area contributed by atoms with Gasteiger partial charge in [-0.2, -0.15) is 0 Å². The van der Waals surface area contributed by atoms with Gasteiger partial charge in [-0.1, -0.05) is 6.07 Å². The number of fused-ring (bicyclic) bond motifs is 1. The number of pyridine rings is 1. The van der Waals surface area contributed by atoms with Gasteiger partial charge in [0.05, 0.1) is 47.6 Å². The summed E-state index contributed by atoms with van der Waals surface area (Å²) in [5.41, 5.74) is 4.62. The van der Waals surface area contributed by atoms with E-state index < -0.39 is 47.0 Å². The molecule has 3 heterocycles. The lowest BCUT2D eigenvalue weighted by Crippen LogP contribution is -2.54. The molecule has 2 aliphatic rings. The first-order chi connectivity index (χ1) is 16.8. The predicted molar refractivity (Wildman–Crippen MR) is 121 cm³/mol. The third-order valence-electron chi connectivity index (χ3n) is 6.61. The zero-order valence-corrected chi connectivity index (χ0v) is 18.5. The molecule has 1 aliphatic heterocycles. The van der Waals surface area contributed by atoms with Gasteiger partial charge in [0.25, 0.3) is 5.91 Å². The number of nitrogens with one attached hydrogen (secondary N) is 1. The van der Waals surface area contributed by atoms with Crippen molar-refractivity contribution in [1.29, 1.82) is 0 Å². The fourth-order valence-electron chi connectivity index (χ4n) is 4.79. The first-order valence-corrected chi connectivity index (χ1v) is 11.2. The summed E-state index contributed by atoms with van der Waals surface area (Å²) in [6.45, 7) is 0. The summed E-state index contributed by atoms with van der Waals surface area (Å²) < 4.78 is 34.5. The first-order valence-electron chi connectivity index (χ1n) is 11.2. The van der Waals surface area contributed by atoms with Crippen LogP contribution in [-0.4, -0.2) is 48.9 Å². The Morgan fingerprint density at radius 3 is 2.77 bits per heavy atom. The highest BCUT2D eigenvalue weighted by Gasteiger charge is 2.52. The minimum atomic E-state index is -1.28. The average molecular weight is 483 g/mol. The van der Waals surface area contributed by atoms with Crippen molar-refractivity contribution in [3.8, 4) is 11.4 Å². The molecule has 5 rings (SSSR count). The zero-order chi connectivity index (χ0) is 24.7. The number of hydrogen-bond donors (Lipinski definition) is 4. The fraction of sp³-hybridized carbons (Fsp3) is 0.333. The van der Waals surface area contributed by atoms with Crippen molar-refractivity contribution in [1.82, 2.24) is 15.0 Å². The number of amides is 1. The van der Waals surface area contributed by atoms with Gasteiger partial charge in [0, 0.05) is 18.2 Å². The van der Waals surface area contributed by atoms with Gasteiger partial charge >= 0.3 is 0 Å². The molecular formula is C24H23F2N5O4. The highest BCUT2D eigenvalue weighted by molar-refractivity contribution is 6.06. The second-order valence-electron chi connectivity index (χ2n) is 8.76. The van der Waals surface area contributed by atoms with Crippen molar-refractivity contribution in [3.05, 3.63) is 65.7 Å². The van der Waals surface area contributed by atoms with Crippen LogP contribution in [0.15, 0.2) is 42.9 Å². The molecule has 3 aromatic rings. The third kappa shape index (κ3) is 4.11. The van der Waals surface area contributed by atoms with E-state index in [0.717, 1.165) is 24.8 Å². The van der Waals surface area contributed by atoms with Gasteiger partial charge in [-0.15, -0.1) is 0 Å². The van der Waals surface area contributed by atoms with Crippen molar-refractivity contribution in [2.24, 2.45) is 0 Å². The predicted octanol–water partition coefficient (Wildman–Crippen LogP) is 2.76. The summed E-state index contributed by atoms with van der Waals surface area (Å²) in [7, 11) is 0. The van der Waals surface area contributed by atoms with Crippen LogP contribution in [0.4, 0.5) is 20.2 Å². The Bertz CT molecular complexity index is 1270. The SMILES string of the molecule is Nc1cnc(-c2c(F)cccc2F)nc1C(=O)Nc1cnccc1[C@@H]1C[C@H](O)[C@]2(O)CCC[C@@H]2O1. The van der Waals surface area contributed by atoms with Crippen LogP contribution in [0, 0.1) is 11.6 Å². The van der Waals surface area contributed by atoms with Gasteiger partial charge in [-0.3, -0.25) is 9.78 Å². The van der Waals surface area contributed by atoms with E-state index in [0.29, 0.717) is 18.4 Å². The van der Waals surface area contributed by atoms with E-state index in [1.165, 1.54) is 18.5 Å². The molecule has 0 spiro atoms. The molecule has 1 aromatic carbocycles. The van der Waals surface area contributed by atoms with E-state index in [2.05, 4.69) is 20.3 Å². The monoisotopic (exact) mass is 483 g/mol. The van der Waals surface area contributed by atoms with Crippen LogP contribution in [0.2, 0.25) is 0 Å². The Morgan fingerprint density at radius 1 is 1.23 bits per heavy atom. The highest BCUT2D eigenvalue weighted by atomic mass is 19.1. The Kier molecular flexibility index (Phi) is 5.91. The number of anilines is 2. The fourth-order valence-corrected chi connectivity index (χ4v) is 4.79. The number of carbonyl (C=O) groups is 1. The Morgan fingerprint density at radius 2 is 2.00 bits per heavy atom. The van der Waals surface area contributed by atoms with Crippen LogP contribution in [-0.2, 0) is 4.74 Å². The molecule has 2 aromatic heterocycles. The number of halogens is 2. The summed E-state index contributed by atoms with van der Waals surface area (Å²) >= 11 is 0. The van der Waals surface area contributed by atoms with Crippen molar-refractivity contribution < 1.29 is 28.5 Å². The molecule has 1 aliphatic carbocycles. The maximum absolute atomic E-state index is 14.2. The molecule has 35 heavy (non-hydrogen) atoms. The third-order valence-corrected chi connectivity index (χ3v) is 6.61. The smallest absolute Gasteiger partial charge is 0.276 e. The number of ether oxygens (including phenoxy) is 1. The second-order valence-corrected chi connectivity index (χ2v) is 8.76. The zero-order valence-electron chi connectivity index (χ0n) is 18.5. The van der Waals surface area contributed by atoms with Crippen LogP contribution in [0.1, 0.15) is 47.8 Å². The average Bonchev–Trinajstić information content (AvgIpc) is 3.22. The number of rotatable bonds is 4. The minimum Gasteiger partial charge on any atom is -0.396 e. The normalized spacial score (nSPS) is 25.8. The molecule has 2 fully saturated rings. The van der Waals surface area contributed by atoms with E-state index in [1.54, 1.807) is 6.07 Å². The summed E-state index contributed by atoms with van der Waals surface area (Å²) in [6, 6.07) is 4.98. The molecule has 0 radical (unpaired) electrons. The molecule has 0 unspecified atom stereocenters. The maximum atomic E-state index is 14.2. The minimum absolute atomic E-state index is 0.0891. The molecular weight excluding hydrogens is 460 g/mol. The topological polar surface area (TPSA) is 143 Å². The van der Waals surface area contributed by atoms with E-state index in [1.807, 2.05) is 0 Å². The standard InChI is InChI=1S/C24H23F2N5O4/c25-13-3-1-4-14(26)20(13)22-29-10-15(27)21(31-22)23(33)30-16-11-28-8-6-12(16)17-9-18(32)24(34)7-2-5-19(24)35-17/h1,3-4,6,8,10-11,17-19,32,34H,2,5,7,9,27H2,(H,30,33)/t17-,18-,19-,24+/m0/s1. The van der Waals surface area contributed by atoms with Gasteiger partial charge < -0.3 is 26.0 Å². The summed E-state index contributed by atoms with van der Waals surface area (Å²) in [5.74, 6) is -2.83. The van der Waals surface area contributed by atoms with Gasteiger partial charge in [0.1, 0.15) is 17.2 Å². The number of carbonyl (C=O) groups excluding carboxylic acids is 1. The number of aliphatic hydroxyl groups is 2. The van der Waals surface area contributed by atoms with Crippen LogP contribution >= 0.6 is 0 Å². The quantitative estimate of drug-likeness (QED) is 0.444. The molecule has 182 valence electrons. The lowest BCUT2D eigenvalue weighted by Gasteiger charge is -2.43. The van der Waals surface area contributed by atoms with Crippen molar-refractivity contribution >= 4 is 17.3 Å². The van der Waals surface area contributed by atoms with E-state index in [4.69, 9.17) is 10.5 Å². The van der Waals surface area contributed by atoms with Crippen molar-refractivity contribution in [2.45, 2.75) is 49.6 Å². The molecule has 11 heteroatoms. The van der Waals surface area contributed by atoms with Crippen LogP contribution in [0.3, 0.4) is 0 Å². The van der Waals surface area contributed by atoms with Crippen LogP contribution in [0.25, 0.3) is 11.4 Å². The number of nitrogen functional groups attached to an aromatic ring is 1. The van der Waals surface area contributed by atoms with E-state index >= 15 is 0 Å². The van der Waals surface area contributed by atoms with Gasteiger partial charge in [0.2, 0.25) is 0 Å². The largest absolute Gasteiger partial charge is 0.396 e. The molecule has 0 bridgehead atoms. The maximum Gasteiger partial charge on any atom is 0.276 e. The molecule has 1 saturated carbocycles. The van der Waals surface area contributed by atoms with Gasteiger partial charge in [-0.05, 0) is 37.5 Å². The van der Waals surface area contributed by atoms with Crippen molar-refractivity contribution in [3.63, 3.8) is 0 Å². The summed E-state index contributed by atoms with van der Waals surface area (Å²) in [6.07, 6.45) is 3.88. The number of aromatic nitrogens is 3. The number of nitrogens with two attached hydrogens (primary N) is 1. The number of benzene rings is 1. The van der Waals surface area contributed by atoms with Crippen LogP contribution < -0.4 is 11.1 Å². The first kappa shape index (κ1) is 23.2. The Hall–Kier alpha value is -3.54. The van der Waals surface area contributed by atoms with Crippen LogP contribution in [0.5, 0.6) is 0 Å². The number of nitrogens with zero attached hydrogens (tertiary/aromatic N) is 3. The number of aliphatic hydroxyl groups excluding tert-OH is 1. The summed E-state index contributed by atoms with van der Waals surface area (Å²) in [4.78, 5) is 25.0. The molecule has 9 nitrogen and oxygen atoms in total. The second kappa shape index (κ2) is 8.91. The Balaban J connectivity index is 1.43. The van der Waals surface area contributed by atoms with E-state index in [9.17, 15) is 23.8 Å². The molecule has 5 N–H and O–H groups in total. The molecule has 1 amide bonds. The summed E-state index contributed by atoms with van der Waals surface area (Å²) in [5, 5.41) is 24.0. The molecule has 1 saturated heterocycles. The number of hydrogen-bond acceptors (Lipinski definition) is 8.